The Morgan fingerprint density at radius 1 is 1.41 bits per heavy atom. The molecule has 1 heterocycles. The third-order valence-corrected chi connectivity index (χ3v) is 4.02. The molecule has 4 heteroatoms. The maximum atomic E-state index is 5.36. The molecule has 1 aromatic rings. The van der Waals surface area contributed by atoms with Crippen LogP contribution in [0.2, 0.25) is 0 Å². The normalized spacial score (nSPS) is 22.5. The fourth-order valence-corrected chi connectivity index (χ4v) is 2.99. The highest BCUT2D eigenvalue weighted by Crippen LogP contribution is 2.27. The lowest BCUT2D eigenvalue weighted by atomic mass is 10.1. The molecule has 0 aromatic heterocycles. The summed E-state index contributed by atoms with van der Waals surface area (Å²) < 4.78 is 5.36. The van der Waals surface area contributed by atoms with E-state index >= 15 is 0 Å². The molecular weight excluding hydrogens is 232 g/mol. The number of hydrogen-bond acceptors (Lipinski definition) is 3. The number of amidine groups is 1. The van der Waals surface area contributed by atoms with Crippen LogP contribution in [-0.4, -0.2) is 36.2 Å². The monoisotopic (exact) mass is 250 g/mol. The van der Waals surface area contributed by atoms with Crippen molar-refractivity contribution in [1.82, 2.24) is 4.90 Å². The molecule has 0 radical (unpaired) electrons. The van der Waals surface area contributed by atoms with Gasteiger partial charge < -0.3 is 9.64 Å². The molecule has 3 nitrogen and oxygen atoms in total. The molecule has 0 aliphatic carbocycles. The molecule has 0 saturated carbocycles. The Hall–Kier alpha value is -1.00. The largest absolute Gasteiger partial charge is 0.361 e. The zero-order valence-electron chi connectivity index (χ0n) is 10.7. The first-order valence-corrected chi connectivity index (χ1v) is 6.64. The van der Waals surface area contributed by atoms with Gasteiger partial charge in [-0.15, -0.1) is 0 Å². The number of nitrogens with zero attached hydrogens (tertiary/aromatic N) is 2. The molecule has 1 atom stereocenters. The molecule has 0 N–H and O–H groups in total. The second-order valence-electron chi connectivity index (χ2n) is 4.30. The molecule has 0 unspecified atom stereocenters. The summed E-state index contributed by atoms with van der Waals surface area (Å²) in [6.07, 6.45) is 0.143. The highest BCUT2D eigenvalue weighted by molar-refractivity contribution is 8.14. The van der Waals surface area contributed by atoms with Crippen LogP contribution >= 0.6 is 11.8 Å². The predicted octanol–water partition coefficient (Wildman–Crippen LogP) is 2.94. The van der Waals surface area contributed by atoms with Crippen LogP contribution in [0.4, 0.5) is 5.69 Å². The van der Waals surface area contributed by atoms with Crippen LogP contribution in [0.3, 0.4) is 0 Å². The summed E-state index contributed by atoms with van der Waals surface area (Å²) in [5.74, 6) is 0.941. The zero-order chi connectivity index (χ0) is 12.4. The van der Waals surface area contributed by atoms with Crippen LogP contribution in [0, 0.1) is 13.8 Å². The van der Waals surface area contributed by atoms with Gasteiger partial charge in [-0.05, 0) is 25.5 Å². The quantitative estimate of drug-likeness (QED) is 0.806. The van der Waals surface area contributed by atoms with Crippen molar-refractivity contribution in [3.8, 4) is 0 Å². The van der Waals surface area contributed by atoms with Gasteiger partial charge in [-0.25, -0.2) is 4.99 Å². The highest BCUT2D eigenvalue weighted by atomic mass is 32.2. The van der Waals surface area contributed by atoms with Crippen LogP contribution in [0.5, 0.6) is 0 Å². The first kappa shape index (κ1) is 12.5. The third kappa shape index (κ3) is 2.64. The minimum absolute atomic E-state index is 0.143. The SMILES string of the molecule is CO[C@H]1CSC(=Nc2ccc(C)cc2C)N1C. The molecule has 1 saturated heterocycles. The second kappa shape index (κ2) is 5.10. The van der Waals surface area contributed by atoms with E-state index in [-0.39, 0.29) is 6.23 Å². The van der Waals surface area contributed by atoms with E-state index in [4.69, 9.17) is 9.73 Å². The zero-order valence-corrected chi connectivity index (χ0v) is 11.5. The maximum absolute atomic E-state index is 5.36. The average Bonchev–Trinajstić information content (AvgIpc) is 2.64. The molecule has 0 spiro atoms. The molecule has 0 bridgehead atoms. The molecule has 1 fully saturated rings. The highest BCUT2D eigenvalue weighted by Gasteiger charge is 2.26. The van der Waals surface area contributed by atoms with Crippen molar-refractivity contribution < 1.29 is 4.74 Å². The van der Waals surface area contributed by atoms with Crippen LogP contribution in [0.1, 0.15) is 11.1 Å². The van der Waals surface area contributed by atoms with E-state index in [0.29, 0.717) is 0 Å². The first-order valence-electron chi connectivity index (χ1n) is 5.66. The topological polar surface area (TPSA) is 24.8 Å². The van der Waals surface area contributed by atoms with Crippen molar-refractivity contribution in [1.29, 1.82) is 0 Å². The minimum atomic E-state index is 0.143. The van der Waals surface area contributed by atoms with E-state index in [1.165, 1.54) is 11.1 Å². The van der Waals surface area contributed by atoms with Crippen molar-refractivity contribution in [3.05, 3.63) is 29.3 Å². The Kier molecular flexibility index (Phi) is 3.74. The number of aliphatic imine (C=N–C) groups is 1. The van der Waals surface area contributed by atoms with Crippen molar-refractivity contribution >= 4 is 22.6 Å². The molecule has 1 aliphatic heterocycles. The summed E-state index contributed by atoms with van der Waals surface area (Å²) in [5, 5.41) is 1.03. The number of aryl methyl sites for hydroxylation is 2. The van der Waals surface area contributed by atoms with Crippen LogP contribution in [0.15, 0.2) is 23.2 Å². The van der Waals surface area contributed by atoms with E-state index in [9.17, 15) is 0 Å². The number of hydrogen-bond donors (Lipinski definition) is 0. The summed E-state index contributed by atoms with van der Waals surface area (Å²) in [5.41, 5.74) is 3.53. The van der Waals surface area contributed by atoms with Gasteiger partial charge in [0.15, 0.2) is 5.17 Å². The van der Waals surface area contributed by atoms with Crippen molar-refractivity contribution in [2.45, 2.75) is 20.1 Å². The minimum Gasteiger partial charge on any atom is -0.361 e. The number of methoxy groups -OCH3 is 1. The Labute approximate surface area is 107 Å². The summed E-state index contributed by atoms with van der Waals surface area (Å²) in [4.78, 5) is 6.79. The van der Waals surface area contributed by atoms with Crippen LogP contribution in [0.25, 0.3) is 0 Å². The average molecular weight is 250 g/mol. The van der Waals surface area contributed by atoms with E-state index in [2.05, 4.69) is 36.9 Å². The van der Waals surface area contributed by atoms with Crippen molar-refractivity contribution in [2.24, 2.45) is 4.99 Å². The predicted molar refractivity (Wildman–Crippen MR) is 74.0 cm³/mol. The van der Waals surface area contributed by atoms with Gasteiger partial charge in [0.25, 0.3) is 0 Å². The van der Waals surface area contributed by atoms with Gasteiger partial charge >= 0.3 is 0 Å². The Morgan fingerprint density at radius 2 is 2.18 bits per heavy atom. The lowest BCUT2D eigenvalue weighted by molar-refractivity contribution is 0.0450. The molecule has 2 rings (SSSR count). The third-order valence-electron chi connectivity index (χ3n) is 2.93. The van der Waals surface area contributed by atoms with Gasteiger partial charge in [-0.2, -0.15) is 0 Å². The smallest absolute Gasteiger partial charge is 0.166 e. The summed E-state index contributed by atoms with van der Waals surface area (Å²) in [6.45, 7) is 4.20. The summed E-state index contributed by atoms with van der Waals surface area (Å²) >= 11 is 1.74. The number of thioether (sulfide) groups is 1. The molecular formula is C13H18N2OS. The lowest BCUT2D eigenvalue weighted by Crippen LogP contribution is -2.31. The first-order chi connectivity index (χ1) is 8.11. The summed E-state index contributed by atoms with van der Waals surface area (Å²) in [6, 6.07) is 6.33. The molecule has 0 amide bonds. The van der Waals surface area contributed by atoms with E-state index in [1.54, 1.807) is 18.9 Å². The van der Waals surface area contributed by atoms with E-state index in [0.717, 1.165) is 16.6 Å². The van der Waals surface area contributed by atoms with Gasteiger partial charge in [-0.1, -0.05) is 29.5 Å². The van der Waals surface area contributed by atoms with Crippen molar-refractivity contribution in [2.75, 3.05) is 19.9 Å². The fraction of sp³-hybridized carbons (Fsp3) is 0.462. The molecule has 92 valence electrons. The van der Waals surface area contributed by atoms with Crippen LogP contribution in [-0.2, 0) is 4.74 Å². The number of ether oxygens (including phenoxy) is 1. The number of benzene rings is 1. The van der Waals surface area contributed by atoms with Gasteiger partial charge in [-0.3, -0.25) is 0 Å². The van der Waals surface area contributed by atoms with Crippen molar-refractivity contribution in [3.63, 3.8) is 0 Å². The molecule has 17 heavy (non-hydrogen) atoms. The molecule has 1 aliphatic rings. The van der Waals surface area contributed by atoms with Gasteiger partial charge in [0.2, 0.25) is 0 Å². The van der Waals surface area contributed by atoms with E-state index in [1.807, 2.05) is 7.05 Å². The van der Waals surface area contributed by atoms with E-state index < -0.39 is 0 Å². The number of rotatable bonds is 2. The summed E-state index contributed by atoms with van der Waals surface area (Å²) in [7, 11) is 3.76. The standard InChI is InChI=1S/C13H18N2OS/c1-9-5-6-11(10(2)7-9)14-13-15(3)12(16-4)8-17-13/h5-7,12H,8H2,1-4H3/t12-/m0/s1. The fourth-order valence-electron chi connectivity index (χ4n) is 1.85. The Balaban J connectivity index is 2.25. The van der Waals surface area contributed by atoms with Crippen LogP contribution < -0.4 is 0 Å². The Bertz CT molecular complexity index is 445. The maximum Gasteiger partial charge on any atom is 0.166 e. The van der Waals surface area contributed by atoms with Gasteiger partial charge in [0, 0.05) is 19.9 Å². The Morgan fingerprint density at radius 3 is 2.76 bits per heavy atom. The van der Waals surface area contributed by atoms with Gasteiger partial charge in [0.1, 0.15) is 6.23 Å². The molecule has 1 aromatic carbocycles. The van der Waals surface area contributed by atoms with Gasteiger partial charge in [0.05, 0.1) is 5.69 Å². The second-order valence-corrected chi connectivity index (χ2v) is 5.28. The lowest BCUT2D eigenvalue weighted by Gasteiger charge is -2.19.